The van der Waals surface area contributed by atoms with Gasteiger partial charge in [-0.05, 0) is 13.8 Å². The van der Waals surface area contributed by atoms with Gasteiger partial charge in [-0.3, -0.25) is 14.5 Å². The monoisotopic (exact) mass is 256 g/mol. The number of carbonyl (C=O) groups excluding carboxylic acids is 2. The van der Waals surface area contributed by atoms with E-state index in [9.17, 15) is 9.59 Å². The van der Waals surface area contributed by atoms with Crippen LogP contribution in [0, 0.1) is 5.41 Å². The summed E-state index contributed by atoms with van der Waals surface area (Å²) in [5.74, 6) is -0.0844. The summed E-state index contributed by atoms with van der Waals surface area (Å²) in [5.41, 5.74) is -0.576. The Balaban J connectivity index is 2.29. The summed E-state index contributed by atoms with van der Waals surface area (Å²) in [7, 11) is 1.60. The van der Waals surface area contributed by atoms with E-state index in [0.29, 0.717) is 13.1 Å². The van der Waals surface area contributed by atoms with Gasteiger partial charge in [0.15, 0.2) is 0 Å². The molecule has 0 atom stereocenters. The van der Waals surface area contributed by atoms with E-state index in [1.807, 2.05) is 13.8 Å². The number of amides is 2. The second kappa shape index (κ2) is 6.70. The lowest BCUT2D eigenvalue weighted by Crippen LogP contribution is -2.49. The number of hydrogen-bond donors (Lipinski definition) is 3. The zero-order chi connectivity index (χ0) is 13.6. The van der Waals surface area contributed by atoms with E-state index >= 15 is 0 Å². The summed E-state index contributed by atoms with van der Waals surface area (Å²) >= 11 is 0. The highest BCUT2D eigenvalue weighted by Crippen LogP contribution is 2.12. The van der Waals surface area contributed by atoms with Crippen molar-refractivity contribution in [3.8, 4) is 0 Å². The highest BCUT2D eigenvalue weighted by Gasteiger charge is 2.27. The molecule has 0 spiro atoms. The summed E-state index contributed by atoms with van der Waals surface area (Å²) in [4.78, 5) is 25.4. The fourth-order valence-corrected chi connectivity index (χ4v) is 1.87. The van der Waals surface area contributed by atoms with Crippen molar-refractivity contribution in [3.05, 3.63) is 0 Å². The summed E-state index contributed by atoms with van der Waals surface area (Å²) in [6, 6.07) is 0. The molecule has 2 amide bonds. The van der Waals surface area contributed by atoms with Crippen LogP contribution < -0.4 is 16.0 Å². The van der Waals surface area contributed by atoms with Gasteiger partial charge >= 0.3 is 0 Å². The van der Waals surface area contributed by atoms with E-state index < -0.39 is 5.41 Å². The van der Waals surface area contributed by atoms with Crippen molar-refractivity contribution in [3.63, 3.8) is 0 Å². The van der Waals surface area contributed by atoms with E-state index in [1.54, 1.807) is 7.05 Å². The van der Waals surface area contributed by atoms with Gasteiger partial charge in [0, 0.05) is 39.8 Å². The second-order valence-electron chi connectivity index (χ2n) is 5.27. The fourth-order valence-electron chi connectivity index (χ4n) is 1.87. The molecule has 18 heavy (non-hydrogen) atoms. The molecular weight excluding hydrogens is 232 g/mol. The van der Waals surface area contributed by atoms with Gasteiger partial charge in [-0.15, -0.1) is 0 Å². The summed E-state index contributed by atoms with van der Waals surface area (Å²) in [6.07, 6.45) is 0. The van der Waals surface area contributed by atoms with E-state index in [4.69, 9.17) is 0 Å². The molecule has 1 heterocycles. The molecule has 104 valence electrons. The van der Waals surface area contributed by atoms with Gasteiger partial charge < -0.3 is 16.0 Å². The molecule has 1 aliphatic heterocycles. The van der Waals surface area contributed by atoms with Crippen molar-refractivity contribution in [2.45, 2.75) is 13.8 Å². The zero-order valence-electron chi connectivity index (χ0n) is 11.5. The third kappa shape index (κ3) is 4.62. The van der Waals surface area contributed by atoms with Crippen molar-refractivity contribution in [2.75, 3.05) is 46.3 Å². The lowest BCUT2D eigenvalue weighted by Gasteiger charge is -2.27. The third-order valence-electron chi connectivity index (χ3n) is 3.15. The Morgan fingerprint density at radius 2 is 1.89 bits per heavy atom. The third-order valence-corrected chi connectivity index (χ3v) is 3.15. The number of rotatable bonds is 5. The van der Waals surface area contributed by atoms with Crippen LogP contribution in [-0.2, 0) is 9.59 Å². The molecule has 1 saturated heterocycles. The first-order valence-corrected chi connectivity index (χ1v) is 6.37. The van der Waals surface area contributed by atoms with Crippen LogP contribution in [0.1, 0.15) is 13.8 Å². The zero-order valence-corrected chi connectivity index (χ0v) is 11.5. The van der Waals surface area contributed by atoms with Crippen LogP contribution in [0.5, 0.6) is 0 Å². The number of nitrogens with zero attached hydrogens (tertiary/aromatic N) is 1. The van der Waals surface area contributed by atoms with Gasteiger partial charge in [-0.2, -0.15) is 0 Å². The van der Waals surface area contributed by atoms with Crippen molar-refractivity contribution < 1.29 is 9.59 Å². The van der Waals surface area contributed by atoms with Crippen LogP contribution in [-0.4, -0.2) is 63.0 Å². The molecule has 0 aromatic heterocycles. The predicted molar refractivity (Wildman–Crippen MR) is 70.2 cm³/mol. The molecule has 1 rings (SSSR count). The van der Waals surface area contributed by atoms with E-state index in [0.717, 1.165) is 26.2 Å². The minimum atomic E-state index is -0.576. The number of piperazine rings is 1. The smallest absolute Gasteiger partial charge is 0.234 e. The molecule has 0 unspecified atom stereocenters. The Morgan fingerprint density at radius 3 is 2.44 bits per heavy atom. The average Bonchev–Trinajstić information content (AvgIpc) is 2.36. The maximum Gasteiger partial charge on any atom is 0.234 e. The van der Waals surface area contributed by atoms with Gasteiger partial charge in [-0.25, -0.2) is 0 Å². The maximum absolute atomic E-state index is 11.8. The topological polar surface area (TPSA) is 73.5 Å². The van der Waals surface area contributed by atoms with Crippen LogP contribution in [0.4, 0.5) is 0 Å². The Kier molecular flexibility index (Phi) is 5.55. The lowest BCUT2D eigenvalue weighted by atomic mass is 9.92. The van der Waals surface area contributed by atoms with Crippen LogP contribution >= 0.6 is 0 Å². The summed E-state index contributed by atoms with van der Waals surface area (Å²) < 4.78 is 0. The van der Waals surface area contributed by atoms with Gasteiger partial charge in [0.1, 0.15) is 0 Å². The molecule has 1 aliphatic rings. The molecule has 0 saturated carbocycles. The molecule has 0 aromatic rings. The standard InChI is InChI=1S/C12H24N4O2/c1-12(2,11(18)13-3)9-15-10(17)8-16-6-4-14-5-7-16/h14H,4-9H2,1-3H3,(H,13,18)(H,15,17). The molecule has 1 fully saturated rings. The molecule has 0 aromatic carbocycles. The molecule has 6 heteroatoms. The van der Waals surface area contributed by atoms with E-state index in [-0.39, 0.29) is 11.8 Å². The van der Waals surface area contributed by atoms with Crippen molar-refractivity contribution in [2.24, 2.45) is 5.41 Å². The van der Waals surface area contributed by atoms with Gasteiger partial charge in [-0.1, -0.05) is 0 Å². The minimum Gasteiger partial charge on any atom is -0.359 e. The predicted octanol–water partition coefficient (Wildman–Crippen LogP) is -1.22. The number of hydrogen-bond acceptors (Lipinski definition) is 4. The number of nitrogens with one attached hydrogen (secondary N) is 3. The van der Waals surface area contributed by atoms with Gasteiger partial charge in [0.05, 0.1) is 12.0 Å². The first-order valence-electron chi connectivity index (χ1n) is 6.37. The molecular formula is C12H24N4O2. The maximum atomic E-state index is 11.8. The Morgan fingerprint density at radius 1 is 1.28 bits per heavy atom. The quantitative estimate of drug-likeness (QED) is 0.576. The molecule has 0 aliphatic carbocycles. The first kappa shape index (κ1) is 14.9. The normalized spacial score (nSPS) is 17.3. The average molecular weight is 256 g/mol. The van der Waals surface area contributed by atoms with Crippen molar-refractivity contribution in [1.82, 2.24) is 20.9 Å². The van der Waals surface area contributed by atoms with Crippen LogP contribution in [0.2, 0.25) is 0 Å². The van der Waals surface area contributed by atoms with Crippen molar-refractivity contribution in [1.29, 1.82) is 0 Å². The lowest BCUT2D eigenvalue weighted by molar-refractivity contribution is -0.129. The Bertz CT molecular complexity index is 298. The van der Waals surface area contributed by atoms with E-state index in [1.165, 1.54) is 0 Å². The van der Waals surface area contributed by atoms with E-state index in [2.05, 4.69) is 20.9 Å². The molecule has 0 radical (unpaired) electrons. The fraction of sp³-hybridized carbons (Fsp3) is 0.833. The highest BCUT2D eigenvalue weighted by molar-refractivity contribution is 5.83. The Labute approximate surface area is 108 Å². The summed E-state index contributed by atoms with van der Waals surface area (Å²) in [5, 5.41) is 8.67. The minimum absolute atomic E-state index is 0.0196. The van der Waals surface area contributed by atoms with Crippen LogP contribution in [0.3, 0.4) is 0 Å². The largest absolute Gasteiger partial charge is 0.359 e. The van der Waals surface area contributed by atoms with Crippen LogP contribution in [0.15, 0.2) is 0 Å². The Hall–Kier alpha value is -1.14. The molecule has 3 N–H and O–H groups in total. The van der Waals surface area contributed by atoms with Gasteiger partial charge in [0.2, 0.25) is 11.8 Å². The van der Waals surface area contributed by atoms with Crippen LogP contribution in [0.25, 0.3) is 0 Å². The SMILES string of the molecule is CNC(=O)C(C)(C)CNC(=O)CN1CCNCC1. The second-order valence-corrected chi connectivity index (χ2v) is 5.27. The highest BCUT2D eigenvalue weighted by atomic mass is 16.2. The van der Waals surface area contributed by atoms with Gasteiger partial charge in [0.25, 0.3) is 0 Å². The van der Waals surface area contributed by atoms with Crippen molar-refractivity contribution >= 4 is 11.8 Å². The summed E-state index contributed by atoms with van der Waals surface area (Å²) in [6.45, 7) is 8.05. The number of carbonyl (C=O) groups is 2. The molecule has 6 nitrogen and oxygen atoms in total. The first-order chi connectivity index (χ1) is 8.45. The molecule has 0 bridgehead atoms.